The highest BCUT2D eigenvalue weighted by Crippen LogP contribution is 2.24. The third kappa shape index (κ3) is 2.68. The molecule has 0 atom stereocenters. The number of rotatable bonds is 3. The number of benzene rings is 2. The Morgan fingerprint density at radius 1 is 0.857 bits per heavy atom. The summed E-state index contributed by atoms with van der Waals surface area (Å²) in [6, 6.07) is 22.6. The molecule has 0 saturated carbocycles. The van der Waals surface area contributed by atoms with E-state index < -0.39 is 0 Å². The van der Waals surface area contributed by atoms with Gasteiger partial charge in [0, 0.05) is 17.3 Å². The second kappa shape index (κ2) is 6.62. The van der Waals surface area contributed by atoms with Gasteiger partial charge < -0.3 is 4.57 Å². The fraction of sp³-hybridized carbons (Fsp3) is 0.0455. The maximum Gasteiger partial charge on any atom is 0.260 e. The van der Waals surface area contributed by atoms with Crippen molar-refractivity contribution in [3.63, 3.8) is 0 Å². The quantitative estimate of drug-likeness (QED) is 0.461. The van der Waals surface area contributed by atoms with Gasteiger partial charge in [0.1, 0.15) is 0 Å². The van der Waals surface area contributed by atoms with Crippen molar-refractivity contribution in [1.29, 1.82) is 0 Å². The van der Waals surface area contributed by atoms with Gasteiger partial charge in [-0.1, -0.05) is 48.0 Å². The van der Waals surface area contributed by atoms with E-state index in [4.69, 9.17) is 16.6 Å². The summed E-state index contributed by atoms with van der Waals surface area (Å²) in [6.45, 7) is 0.509. The molecule has 0 aliphatic heterocycles. The lowest BCUT2D eigenvalue weighted by Gasteiger charge is -2.08. The van der Waals surface area contributed by atoms with Gasteiger partial charge in [-0.05, 0) is 35.9 Å². The number of imidazole rings is 1. The molecule has 136 valence electrons. The van der Waals surface area contributed by atoms with E-state index in [9.17, 15) is 4.79 Å². The lowest BCUT2D eigenvalue weighted by atomic mass is 10.2. The van der Waals surface area contributed by atoms with E-state index in [0.717, 1.165) is 16.6 Å². The Kier molecular flexibility index (Phi) is 3.95. The molecule has 0 saturated heterocycles. The summed E-state index contributed by atoms with van der Waals surface area (Å²) in [4.78, 5) is 22.1. The maximum atomic E-state index is 13.0. The Hall–Kier alpha value is -3.44. The first-order valence-corrected chi connectivity index (χ1v) is 9.26. The van der Waals surface area contributed by atoms with E-state index in [-0.39, 0.29) is 5.56 Å². The van der Waals surface area contributed by atoms with Crippen LogP contribution in [0.4, 0.5) is 0 Å². The van der Waals surface area contributed by atoms with Crippen LogP contribution in [-0.4, -0.2) is 18.9 Å². The summed E-state index contributed by atoms with van der Waals surface area (Å²) < 4.78 is 3.66. The zero-order valence-corrected chi connectivity index (χ0v) is 15.5. The van der Waals surface area contributed by atoms with Crippen LogP contribution in [0.2, 0.25) is 5.02 Å². The van der Waals surface area contributed by atoms with Crippen LogP contribution in [0.1, 0.15) is 5.56 Å². The molecule has 6 heteroatoms. The van der Waals surface area contributed by atoms with Gasteiger partial charge in [-0.2, -0.15) is 0 Å². The topological polar surface area (TPSA) is 52.2 Å². The summed E-state index contributed by atoms with van der Waals surface area (Å²) in [6.07, 6.45) is 1.69. The van der Waals surface area contributed by atoms with Crippen molar-refractivity contribution in [1.82, 2.24) is 18.9 Å². The number of pyridine rings is 1. The van der Waals surface area contributed by atoms with Crippen molar-refractivity contribution < 1.29 is 0 Å². The fourth-order valence-corrected chi connectivity index (χ4v) is 3.66. The van der Waals surface area contributed by atoms with E-state index in [1.54, 1.807) is 10.6 Å². The SMILES string of the molecule is O=c1cc(-c2ccccn2)nc2n(Cc3ccccc3Cl)c3ccccc3n12. The minimum Gasteiger partial charge on any atom is -0.305 e. The van der Waals surface area contributed by atoms with E-state index in [2.05, 4.69) is 4.98 Å². The molecule has 3 heterocycles. The van der Waals surface area contributed by atoms with Crippen molar-refractivity contribution in [3.8, 4) is 11.4 Å². The van der Waals surface area contributed by atoms with Crippen LogP contribution in [0, 0.1) is 0 Å². The van der Waals surface area contributed by atoms with E-state index >= 15 is 0 Å². The molecule has 0 aliphatic rings. The van der Waals surface area contributed by atoms with Crippen molar-refractivity contribution >= 4 is 28.4 Å². The Bertz CT molecular complexity index is 1370. The smallest absolute Gasteiger partial charge is 0.260 e. The predicted octanol–water partition coefficient (Wildman–Crippen LogP) is 4.41. The standard InChI is InChI=1S/C22H15ClN4O/c23-16-8-2-1-7-15(16)14-26-19-10-3-4-11-20(19)27-21(28)13-18(25-22(26)27)17-9-5-6-12-24-17/h1-13H,14H2. The molecular weight excluding hydrogens is 372 g/mol. The minimum atomic E-state index is -0.139. The molecule has 5 nitrogen and oxygen atoms in total. The fourth-order valence-electron chi connectivity index (χ4n) is 3.47. The Balaban J connectivity index is 1.83. The van der Waals surface area contributed by atoms with Crippen molar-refractivity contribution in [3.05, 3.63) is 99.9 Å². The first-order chi connectivity index (χ1) is 13.7. The Morgan fingerprint density at radius 3 is 2.39 bits per heavy atom. The first kappa shape index (κ1) is 16.7. The zero-order valence-electron chi connectivity index (χ0n) is 14.8. The number of fused-ring (bicyclic) bond motifs is 3. The molecule has 3 aromatic heterocycles. The minimum absolute atomic E-state index is 0.139. The summed E-state index contributed by atoms with van der Waals surface area (Å²) >= 11 is 6.39. The van der Waals surface area contributed by atoms with Gasteiger partial charge in [-0.3, -0.25) is 9.78 Å². The number of hydrogen-bond acceptors (Lipinski definition) is 3. The van der Waals surface area contributed by atoms with Crippen LogP contribution >= 0.6 is 11.6 Å². The Labute approximate surface area is 165 Å². The summed E-state index contributed by atoms with van der Waals surface area (Å²) in [7, 11) is 0. The molecule has 0 fully saturated rings. The first-order valence-electron chi connectivity index (χ1n) is 8.88. The molecule has 0 bridgehead atoms. The highest BCUT2D eigenvalue weighted by atomic mass is 35.5. The van der Waals surface area contributed by atoms with Gasteiger partial charge in [0.25, 0.3) is 5.56 Å². The van der Waals surface area contributed by atoms with Crippen LogP contribution in [-0.2, 0) is 6.54 Å². The average molecular weight is 387 g/mol. The molecule has 28 heavy (non-hydrogen) atoms. The van der Waals surface area contributed by atoms with Gasteiger partial charge in [0.05, 0.1) is 29.0 Å². The molecule has 0 aliphatic carbocycles. The normalized spacial score (nSPS) is 11.3. The molecular formula is C22H15ClN4O. The second-order valence-corrected chi connectivity index (χ2v) is 6.90. The number of para-hydroxylation sites is 2. The summed E-state index contributed by atoms with van der Waals surface area (Å²) in [5.74, 6) is 0.564. The molecule has 5 aromatic rings. The second-order valence-electron chi connectivity index (χ2n) is 6.50. The molecule has 0 N–H and O–H groups in total. The van der Waals surface area contributed by atoms with E-state index in [1.807, 2.05) is 71.3 Å². The van der Waals surface area contributed by atoms with Crippen LogP contribution in [0.15, 0.2) is 83.8 Å². The highest BCUT2D eigenvalue weighted by molar-refractivity contribution is 6.31. The van der Waals surface area contributed by atoms with Crippen molar-refractivity contribution in [2.75, 3.05) is 0 Å². The molecule has 0 spiro atoms. The molecule has 5 rings (SSSR count). The predicted molar refractivity (Wildman–Crippen MR) is 111 cm³/mol. The molecule has 0 radical (unpaired) electrons. The Morgan fingerprint density at radius 2 is 1.61 bits per heavy atom. The van der Waals surface area contributed by atoms with E-state index in [1.165, 1.54) is 6.07 Å². The van der Waals surface area contributed by atoms with Crippen LogP contribution in [0.25, 0.3) is 28.2 Å². The van der Waals surface area contributed by atoms with E-state index in [0.29, 0.717) is 28.7 Å². The monoisotopic (exact) mass is 386 g/mol. The molecule has 2 aromatic carbocycles. The lowest BCUT2D eigenvalue weighted by molar-refractivity contribution is 0.834. The third-order valence-electron chi connectivity index (χ3n) is 4.77. The third-order valence-corrected chi connectivity index (χ3v) is 5.14. The maximum absolute atomic E-state index is 13.0. The van der Waals surface area contributed by atoms with Crippen LogP contribution in [0.3, 0.4) is 0 Å². The van der Waals surface area contributed by atoms with Crippen LogP contribution in [0.5, 0.6) is 0 Å². The number of nitrogens with zero attached hydrogens (tertiary/aromatic N) is 4. The van der Waals surface area contributed by atoms with Gasteiger partial charge in [-0.15, -0.1) is 0 Å². The largest absolute Gasteiger partial charge is 0.305 e. The summed E-state index contributed by atoms with van der Waals surface area (Å²) in [5.41, 5.74) is 3.77. The molecule has 0 amide bonds. The van der Waals surface area contributed by atoms with Gasteiger partial charge in [0.15, 0.2) is 0 Å². The average Bonchev–Trinajstić information content (AvgIpc) is 3.04. The van der Waals surface area contributed by atoms with Crippen molar-refractivity contribution in [2.45, 2.75) is 6.54 Å². The van der Waals surface area contributed by atoms with Gasteiger partial charge >= 0.3 is 0 Å². The number of halogens is 1. The number of hydrogen-bond donors (Lipinski definition) is 0. The number of aromatic nitrogens is 4. The van der Waals surface area contributed by atoms with Gasteiger partial charge in [-0.25, -0.2) is 9.38 Å². The lowest BCUT2D eigenvalue weighted by Crippen LogP contribution is -2.15. The summed E-state index contributed by atoms with van der Waals surface area (Å²) in [5, 5.41) is 0.682. The van der Waals surface area contributed by atoms with Crippen LogP contribution < -0.4 is 5.56 Å². The molecule has 0 unspecified atom stereocenters. The highest BCUT2D eigenvalue weighted by Gasteiger charge is 2.16. The van der Waals surface area contributed by atoms with Gasteiger partial charge in [0.2, 0.25) is 5.78 Å². The van der Waals surface area contributed by atoms with Crippen molar-refractivity contribution in [2.24, 2.45) is 0 Å². The zero-order chi connectivity index (χ0) is 19.1.